The van der Waals surface area contributed by atoms with Gasteiger partial charge in [-0.25, -0.2) is 9.50 Å². The number of benzene rings is 2. The van der Waals surface area contributed by atoms with Gasteiger partial charge < -0.3 is 24.5 Å². The van der Waals surface area contributed by atoms with Gasteiger partial charge in [0.2, 0.25) is 5.91 Å². The van der Waals surface area contributed by atoms with Crippen molar-refractivity contribution in [3.05, 3.63) is 66.5 Å². The first-order valence-corrected chi connectivity index (χ1v) is 13.4. The van der Waals surface area contributed by atoms with Crippen LogP contribution in [0, 0.1) is 0 Å². The highest BCUT2D eigenvalue weighted by molar-refractivity contribution is 5.88. The van der Waals surface area contributed by atoms with Crippen molar-refractivity contribution in [2.24, 2.45) is 0 Å². The Hall–Kier alpha value is -4.18. The van der Waals surface area contributed by atoms with E-state index < -0.39 is 0 Å². The normalized spacial score (nSPS) is 18.2. The molecule has 10 heteroatoms. The minimum absolute atomic E-state index is 0.0615. The first-order chi connectivity index (χ1) is 19.0. The van der Waals surface area contributed by atoms with Crippen molar-refractivity contribution in [3.8, 4) is 11.8 Å². The molecule has 2 saturated heterocycles. The number of fused-ring (bicyclic) bond motifs is 2. The molecule has 1 N–H and O–H groups in total. The molecule has 2 aromatic heterocycles. The zero-order valence-corrected chi connectivity index (χ0v) is 22.2. The fourth-order valence-corrected chi connectivity index (χ4v) is 5.63. The SMILES string of the molecule is C=CC(=O)N1CCN(c2nc(OCC3CCCN3C)nn3c(Cc4cc(O)cc5ccccc45)cnc23)CC1. The number of aromatic hydroxyl groups is 1. The quantitative estimate of drug-likeness (QED) is 0.367. The summed E-state index contributed by atoms with van der Waals surface area (Å²) in [5, 5.41) is 17.2. The van der Waals surface area contributed by atoms with Crippen LogP contribution >= 0.6 is 0 Å². The smallest absolute Gasteiger partial charge is 0.336 e. The van der Waals surface area contributed by atoms with Gasteiger partial charge in [-0.05, 0) is 61.0 Å². The molecule has 1 unspecified atom stereocenters. The molecule has 2 fully saturated rings. The third-order valence-electron chi connectivity index (χ3n) is 7.84. The topological polar surface area (TPSA) is 99.3 Å². The minimum Gasteiger partial charge on any atom is -0.508 e. The van der Waals surface area contributed by atoms with Crippen molar-refractivity contribution < 1.29 is 14.6 Å². The fourth-order valence-electron chi connectivity index (χ4n) is 5.63. The Balaban J connectivity index is 1.36. The van der Waals surface area contributed by atoms with Gasteiger partial charge in [0.05, 0.1) is 11.9 Å². The average Bonchev–Trinajstić information content (AvgIpc) is 3.56. The van der Waals surface area contributed by atoms with Crippen molar-refractivity contribution in [2.45, 2.75) is 25.3 Å². The Morgan fingerprint density at radius 2 is 2.00 bits per heavy atom. The van der Waals surface area contributed by atoms with Crippen LogP contribution in [0.1, 0.15) is 24.1 Å². The van der Waals surface area contributed by atoms with E-state index in [4.69, 9.17) is 19.8 Å². The molecule has 2 aliphatic heterocycles. The zero-order chi connectivity index (χ0) is 26.9. The summed E-state index contributed by atoms with van der Waals surface area (Å²) in [5.41, 5.74) is 2.50. The van der Waals surface area contributed by atoms with Crippen LogP contribution in [0.3, 0.4) is 0 Å². The molecular weight excluding hydrogens is 494 g/mol. The molecule has 0 radical (unpaired) electrons. The van der Waals surface area contributed by atoms with Crippen LogP contribution in [0.15, 0.2) is 55.3 Å². The number of nitrogens with zero attached hydrogens (tertiary/aromatic N) is 7. The van der Waals surface area contributed by atoms with Gasteiger partial charge in [-0.3, -0.25) is 4.79 Å². The Labute approximate surface area is 227 Å². The molecular formula is C29H33N7O3. The number of hydrogen-bond donors (Lipinski definition) is 1. The van der Waals surface area contributed by atoms with Gasteiger partial charge in [0.15, 0.2) is 11.5 Å². The Bertz CT molecular complexity index is 1530. The molecule has 6 rings (SSSR count). The molecule has 1 atom stereocenters. The molecule has 0 aliphatic carbocycles. The summed E-state index contributed by atoms with van der Waals surface area (Å²) in [6.45, 7) is 7.59. The maximum Gasteiger partial charge on any atom is 0.336 e. The number of carbonyl (C=O) groups is 1. The first kappa shape index (κ1) is 25.1. The van der Waals surface area contributed by atoms with Gasteiger partial charge in [0, 0.05) is 38.6 Å². The predicted molar refractivity (Wildman–Crippen MR) is 149 cm³/mol. The van der Waals surface area contributed by atoms with Crippen molar-refractivity contribution in [1.29, 1.82) is 0 Å². The van der Waals surface area contributed by atoms with Gasteiger partial charge in [-0.2, -0.15) is 4.98 Å². The first-order valence-electron chi connectivity index (χ1n) is 13.4. The lowest BCUT2D eigenvalue weighted by molar-refractivity contribution is -0.126. The van der Waals surface area contributed by atoms with Gasteiger partial charge >= 0.3 is 6.01 Å². The Morgan fingerprint density at radius 3 is 2.77 bits per heavy atom. The third kappa shape index (κ3) is 4.99. The maximum atomic E-state index is 12.1. The molecule has 0 bridgehead atoms. The second-order valence-corrected chi connectivity index (χ2v) is 10.3. The van der Waals surface area contributed by atoms with Crippen molar-refractivity contribution >= 4 is 28.1 Å². The number of likely N-dealkylation sites (N-methyl/N-ethyl adjacent to an activating group) is 1. The van der Waals surface area contributed by atoms with E-state index in [9.17, 15) is 9.90 Å². The molecule has 0 saturated carbocycles. The van der Waals surface area contributed by atoms with E-state index in [2.05, 4.69) is 29.5 Å². The predicted octanol–water partition coefficient (Wildman–Crippen LogP) is 2.88. The highest BCUT2D eigenvalue weighted by Crippen LogP contribution is 2.29. The molecule has 0 spiro atoms. The molecule has 1 amide bonds. The number of piperazine rings is 1. The summed E-state index contributed by atoms with van der Waals surface area (Å²) < 4.78 is 8.00. The summed E-state index contributed by atoms with van der Waals surface area (Å²) in [7, 11) is 2.12. The largest absolute Gasteiger partial charge is 0.508 e. The monoisotopic (exact) mass is 527 g/mol. The van der Waals surface area contributed by atoms with Crippen molar-refractivity contribution in [3.63, 3.8) is 0 Å². The summed E-state index contributed by atoms with van der Waals surface area (Å²) in [5.74, 6) is 0.857. The van der Waals surface area contributed by atoms with E-state index in [1.807, 2.05) is 28.9 Å². The van der Waals surface area contributed by atoms with E-state index in [1.165, 1.54) is 6.08 Å². The van der Waals surface area contributed by atoms with E-state index in [0.29, 0.717) is 62.7 Å². The number of amides is 1. The van der Waals surface area contributed by atoms with E-state index in [0.717, 1.165) is 41.4 Å². The van der Waals surface area contributed by atoms with Crippen LogP contribution in [-0.4, -0.2) is 92.8 Å². The van der Waals surface area contributed by atoms with Crippen LogP contribution in [-0.2, 0) is 11.2 Å². The second kappa shape index (κ2) is 10.5. The number of anilines is 1. The molecule has 2 aromatic carbocycles. The zero-order valence-electron chi connectivity index (χ0n) is 22.2. The summed E-state index contributed by atoms with van der Waals surface area (Å²) >= 11 is 0. The summed E-state index contributed by atoms with van der Waals surface area (Å²) in [6.07, 6.45) is 5.95. The number of likely N-dealkylation sites (tertiary alicyclic amines) is 1. The van der Waals surface area contributed by atoms with Crippen molar-refractivity contribution in [2.75, 3.05) is 51.3 Å². The van der Waals surface area contributed by atoms with Crippen LogP contribution in [0.5, 0.6) is 11.8 Å². The molecule has 4 heterocycles. The van der Waals surface area contributed by atoms with Crippen LogP contribution in [0.25, 0.3) is 16.4 Å². The number of hydrogen-bond acceptors (Lipinski definition) is 8. The van der Waals surface area contributed by atoms with Crippen LogP contribution in [0.2, 0.25) is 0 Å². The van der Waals surface area contributed by atoms with E-state index >= 15 is 0 Å². The number of phenolic OH excluding ortho intramolecular Hbond substituents is 1. The average molecular weight is 528 g/mol. The molecule has 202 valence electrons. The highest BCUT2D eigenvalue weighted by Gasteiger charge is 2.26. The molecule has 10 nitrogen and oxygen atoms in total. The number of ether oxygens (including phenoxy) is 1. The number of phenols is 1. The second-order valence-electron chi connectivity index (χ2n) is 10.3. The number of carbonyl (C=O) groups excluding carboxylic acids is 1. The summed E-state index contributed by atoms with van der Waals surface area (Å²) in [6, 6.07) is 12.2. The van der Waals surface area contributed by atoms with Gasteiger partial charge in [0.1, 0.15) is 12.4 Å². The van der Waals surface area contributed by atoms with E-state index in [1.54, 1.807) is 17.0 Å². The Kier molecular flexibility index (Phi) is 6.78. The third-order valence-corrected chi connectivity index (χ3v) is 7.84. The summed E-state index contributed by atoms with van der Waals surface area (Å²) in [4.78, 5) is 27.9. The molecule has 4 aromatic rings. The van der Waals surface area contributed by atoms with Gasteiger partial charge in [-0.15, -0.1) is 5.10 Å². The van der Waals surface area contributed by atoms with Gasteiger partial charge in [0.25, 0.3) is 0 Å². The number of imidazole rings is 1. The highest BCUT2D eigenvalue weighted by atomic mass is 16.5. The molecule has 39 heavy (non-hydrogen) atoms. The number of aromatic nitrogens is 4. The lowest BCUT2D eigenvalue weighted by Gasteiger charge is -2.34. The lowest BCUT2D eigenvalue weighted by atomic mass is 10.0. The maximum absolute atomic E-state index is 12.1. The van der Waals surface area contributed by atoms with Crippen LogP contribution < -0.4 is 9.64 Å². The van der Waals surface area contributed by atoms with Gasteiger partial charge in [-0.1, -0.05) is 30.8 Å². The lowest BCUT2D eigenvalue weighted by Crippen LogP contribution is -2.48. The molecule has 2 aliphatic rings. The van der Waals surface area contributed by atoms with E-state index in [-0.39, 0.29) is 11.7 Å². The number of rotatable bonds is 7. The fraction of sp³-hybridized carbons (Fsp3) is 0.379. The Morgan fingerprint density at radius 1 is 1.18 bits per heavy atom. The van der Waals surface area contributed by atoms with Crippen LogP contribution in [0.4, 0.5) is 5.82 Å². The van der Waals surface area contributed by atoms with Crippen molar-refractivity contribution in [1.82, 2.24) is 29.4 Å². The standard InChI is InChI=1S/C29H33N7O3/c1-3-26(38)34-11-13-35(14-12-34)28-27-30-18-23(15-21-17-24(37)16-20-7-4-5-9-25(20)21)36(27)32-29(31-28)39-19-22-8-6-10-33(22)2/h3-5,7,9,16-18,22,37H,1,6,8,10-15,19H2,2H3. The minimum atomic E-state index is -0.0615.